The van der Waals surface area contributed by atoms with Crippen LogP contribution in [0, 0.1) is 5.82 Å². The summed E-state index contributed by atoms with van der Waals surface area (Å²) >= 11 is 5.85. The quantitative estimate of drug-likeness (QED) is 0.664. The zero-order chi connectivity index (χ0) is 13.5. The summed E-state index contributed by atoms with van der Waals surface area (Å²) in [5.41, 5.74) is -0.588. The summed E-state index contributed by atoms with van der Waals surface area (Å²) in [5, 5.41) is 2.68. The number of hydrogen-bond donors (Lipinski definition) is 1. The zero-order valence-corrected chi connectivity index (χ0v) is 10.8. The summed E-state index contributed by atoms with van der Waals surface area (Å²) in [4.78, 5) is 0. The average molecular weight is 284 g/mol. The Balaban J connectivity index is 2.07. The van der Waals surface area contributed by atoms with E-state index in [1.54, 1.807) is 24.4 Å². The van der Waals surface area contributed by atoms with Gasteiger partial charge in [-0.2, -0.15) is 0 Å². The molecule has 2 heterocycles. The monoisotopic (exact) mass is 283 g/mol. The number of dihydropyridines is 1. The van der Waals surface area contributed by atoms with Gasteiger partial charge in [-0.25, -0.2) is 8.78 Å². The van der Waals surface area contributed by atoms with Crippen LogP contribution in [0.3, 0.4) is 0 Å². The summed E-state index contributed by atoms with van der Waals surface area (Å²) in [6, 6.07) is 5.93. The van der Waals surface area contributed by atoms with Gasteiger partial charge in [-0.1, -0.05) is 23.7 Å². The first-order valence-electron chi connectivity index (χ1n) is 6.00. The Labute approximate surface area is 114 Å². The Morgan fingerprint density at radius 2 is 1.95 bits per heavy atom. The summed E-state index contributed by atoms with van der Waals surface area (Å²) < 4.78 is 32.9. The summed E-state index contributed by atoms with van der Waals surface area (Å²) in [7, 11) is 0. The van der Waals surface area contributed by atoms with Gasteiger partial charge in [-0.3, -0.25) is 0 Å². The van der Waals surface area contributed by atoms with E-state index in [1.807, 2.05) is 0 Å². The van der Waals surface area contributed by atoms with Crippen molar-refractivity contribution >= 4 is 11.6 Å². The maximum Gasteiger partial charge on any atom is 0.154 e. The van der Waals surface area contributed by atoms with E-state index in [4.69, 9.17) is 16.3 Å². The fourth-order valence-corrected chi connectivity index (χ4v) is 2.64. The minimum absolute atomic E-state index is 0.330. The van der Waals surface area contributed by atoms with Crippen molar-refractivity contribution in [2.75, 3.05) is 6.61 Å². The molecule has 1 fully saturated rings. The van der Waals surface area contributed by atoms with E-state index < -0.39 is 16.9 Å². The number of alkyl halides is 1. The largest absolute Gasteiger partial charge is 0.370 e. The SMILES string of the molecule is FC1=C(C2(c3ccc(F)cc3)CCO2)C=CNC1Cl. The van der Waals surface area contributed by atoms with Crippen molar-refractivity contribution < 1.29 is 13.5 Å². The molecule has 100 valence electrons. The molecule has 2 unspecified atom stereocenters. The zero-order valence-electron chi connectivity index (χ0n) is 10.00. The van der Waals surface area contributed by atoms with Gasteiger partial charge in [0.05, 0.1) is 6.61 Å². The Kier molecular flexibility index (Phi) is 3.07. The number of rotatable bonds is 2. The van der Waals surface area contributed by atoms with Crippen LogP contribution in [0.25, 0.3) is 0 Å². The molecule has 3 rings (SSSR count). The van der Waals surface area contributed by atoms with E-state index in [1.165, 1.54) is 12.1 Å². The van der Waals surface area contributed by atoms with Crippen molar-refractivity contribution in [2.24, 2.45) is 0 Å². The van der Waals surface area contributed by atoms with Crippen LogP contribution in [0.15, 0.2) is 47.9 Å². The molecule has 2 atom stereocenters. The van der Waals surface area contributed by atoms with Gasteiger partial charge in [-0.15, -0.1) is 0 Å². The van der Waals surface area contributed by atoms with Gasteiger partial charge in [0.15, 0.2) is 5.50 Å². The van der Waals surface area contributed by atoms with E-state index in [0.29, 0.717) is 18.6 Å². The molecule has 0 amide bonds. The molecule has 1 N–H and O–H groups in total. The molecule has 5 heteroatoms. The van der Waals surface area contributed by atoms with Crippen LogP contribution in [0.5, 0.6) is 0 Å². The Hall–Kier alpha value is -1.39. The smallest absolute Gasteiger partial charge is 0.154 e. The number of halogens is 3. The predicted octanol–water partition coefficient (Wildman–Crippen LogP) is 3.35. The molecule has 0 bridgehead atoms. The first-order chi connectivity index (χ1) is 9.13. The molecule has 2 aliphatic heterocycles. The van der Waals surface area contributed by atoms with Gasteiger partial charge in [0, 0.05) is 12.0 Å². The second-order valence-electron chi connectivity index (χ2n) is 4.56. The van der Waals surface area contributed by atoms with Crippen molar-refractivity contribution in [1.29, 1.82) is 0 Å². The minimum Gasteiger partial charge on any atom is -0.370 e. The molecule has 1 aromatic carbocycles. The van der Waals surface area contributed by atoms with Gasteiger partial charge >= 0.3 is 0 Å². The third-order valence-electron chi connectivity index (χ3n) is 3.52. The number of nitrogens with one attached hydrogen (secondary N) is 1. The molecular formula is C14H12ClF2NO. The third-order valence-corrected chi connectivity index (χ3v) is 3.84. The summed E-state index contributed by atoms with van der Waals surface area (Å²) in [6.45, 7) is 0.544. The lowest BCUT2D eigenvalue weighted by atomic mass is 9.78. The minimum atomic E-state index is -0.887. The lowest BCUT2D eigenvalue weighted by Gasteiger charge is -2.44. The van der Waals surface area contributed by atoms with E-state index >= 15 is 0 Å². The highest BCUT2D eigenvalue weighted by atomic mass is 35.5. The van der Waals surface area contributed by atoms with E-state index in [2.05, 4.69) is 5.32 Å². The number of benzene rings is 1. The van der Waals surface area contributed by atoms with Crippen LogP contribution in [0.2, 0.25) is 0 Å². The predicted molar refractivity (Wildman–Crippen MR) is 68.7 cm³/mol. The fraction of sp³-hybridized carbons (Fsp3) is 0.286. The molecule has 2 nitrogen and oxygen atoms in total. The van der Waals surface area contributed by atoms with Gasteiger partial charge in [-0.05, 0) is 30.0 Å². The second-order valence-corrected chi connectivity index (χ2v) is 4.99. The normalized spacial score (nSPS) is 29.9. The maximum absolute atomic E-state index is 14.2. The average Bonchev–Trinajstić information content (AvgIpc) is 2.35. The molecule has 1 saturated heterocycles. The molecule has 2 aliphatic rings. The van der Waals surface area contributed by atoms with Crippen molar-refractivity contribution in [3.05, 3.63) is 59.3 Å². The van der Waals surface area contributed by atoms with Crippen LogP contribution in [0.4, 0.5) is 8.78 Å². The Morgan fingerprint density at radius 1 is 1.26 bits per heavy atom. The third kappa shape index (κ3) is 1.95. The first-order valence-corrected chi connectivity index (χ1v) is 6.44. The van der Waals surface area contributed by atoms with Crippen molar-refractivity contribution in [3.8, 4) is 0 Å². The topological polar surface area (TPSA) is 21.3 Å². The van der Waals surface area contributed by atoms with Gasteiger partial charge < -0.3 is 10.1 Å². The highest BCUT2D eigenvalue weighted by Gasteiger charge is 2.46. The summed E-state index contributed by atoms with van der Waals surface area (Å²) in [5.74, 6) is -0.781. The van der Waals surface area contributed by atoms with Gasteiger partial charge in [0.1, 0.15) is 17.2 Å². The lowest BCUT2D eigenvalue weighted by molar-refractivity contribution is -0.126. The fourth-order valence-electron chi connectivity index (χ4n) is 2.45. The van der Waals surface area contributed by atoms with Crippen LogP contribution in [0.1, 0.15) is 12.0 Å². The molecule has 0 aromatic heterocycles. The van der Waals surface area contributed by atoms with E-state index in [9.17, 15) is 8.78 Å². The maximum atomic E-state index is 14.2. The van der Waals surface area contributed by atoms with Gasteiger partial charge in [0.2, 0.25) is 0 Å². The lowest BCUT2D eigenvalue weighted by Crippen LogP contribution is -2.44. The second kappa shape index (κ2) is 4.62. The Bertz CT molecular complexity index is 549. The number of hydrogen-bond acceptors (Lipinski definition) is 2. The van der Waals surface area contributed by atoms with E-state index in [0.717, 1.165) is 5.56 Å². The molecule has 0 aliphatic carbocycles. The molecule has 1 aromatic rings. The highest BCUT2D eigenvalue weighted by Crippen LogP contribution is 2.47. The van der Waals surface area contributed by atoms with Crippen molar-refractivity contribution in [2.45, 2.75) is 17.5 Å². The molecule has 0 radical (unpaired) electrons. The van der Waals surface area contributed by atoms with Crippen molar-refractivity contribution in [1.82, 2.24) is 5.32 Å². The molecule has 0 spiro atoms. The van der Waals surface area contributed by atoms with Crippen LogP contribution in [-0.4, -0.2) is 12.1 Å². The van der Waals surface area contributed by atoms with Crippen molar-refractivity contribution in [3.63, 3.8) is 0 Å². The molecular weight excluding hydrogens is 272 g/mol. The summed E-state index contributed by atoms with van der Waals surface area (Å²) in [6.07, 6.45) is 3.87. The van der Waals surface area contributed by atoms with Crippen LogP contribution in [-0.2, 0) is 10.3 Å². The molecule has 0 saturated carbocycles. The molecule has 19 heavy (non-hydrogen) atoms. The number of ether oxygens (including phenoxy) is 1. The standard InChI is InChI=1S/C14H12ClF2NO/c15-13-12(17)11(5-7-18-13)14(6-8-19-14)9-1-3-10(16)4-2-9/h1-5,7,13,18H,6,8H2. The Morgan fingerprint density at radius 3 is 2.53 bits per heavy atom. The van der Waals surface area contributed by atoms with E-state index in [-0.39, 0.29) is 5.82 Å². The van der Waals surface area contributed by atoms with Crippen LogP contribution >= 0.6 is 11.6 Å². The first kappa shape index (κ1) is 12.6. The van der Waals surface area contributed by atoms with Gasteiger partial charge in [0.25, 0.3) is 0 Å². The highest BCUT2D eigenvalue weighted by molar-refractivity contribution is 6.22. The van der Waals surface area contributed by atoms with Crippen LogP contribution < -0.4 is 5.32 Å².